The second-order valence-electron chi connectivity index (χ2n) is 4.64. The van der Waals surface area contributed by atoms with E-state index in [0.717, 1.165) is 24.6 Å². The first kappa shape index (κ1) is 18.1. The highest BCUT2D eigenvalue weighted by atomic mass is 35.5. The number of hydrogen-bond donors (Lipinski definition) is 1. The molecule has 10 heteroatoms. The van der Waals surface area contributed by atoms with Crippen molar-refractivity contribution in [1.29, 1.82) is 0 Å². The van der Waals surface area contributed by atoms with E-state index in [2.05, 4.69) is 0 Å². The van der Waals surface area contributed by atoms with Gasteiger partial charge < -0.3 is 5.73 Å². The molecule has 1 aliphatic heterocycles. The van der Waals surface area contributed by atoms with Gasteiger partial charge in [0, 0.05) is 31.3 Å². The third-order valence-electron chi connectivity index (χ3n) is 3.16. The second kappa shape index (κ2) is 6.89. The van der Waals surface area contributed by atoms with Crippen LogP contribution in [0.4, 0.5) is 5.69 Å². The molecule has 0 saturated carbocycles. The largest absolute Gasteiger partial charge is 0.327 e. The van der Waals surface area contributed by atoms with Crippen LogP contribution in [0.2, 0.25) is 5.02 Å². The van der Waals surface area contributed by atoms with Gasteiger partial charge >= 0.3 is 0 Å². The maximum absolute atomic E-state index is 12.5. The zero-order chi connectivity index (χ0) is 14.9. The smallest absolute Gasteiger partial charge is 0.271 e. The summed E-state index contributed by atoms with van der Waals surface area (Å²) in [6.07, 6.45) is 1.46. The molecule has 0 radical (unpaired) electrons. The first-order chi connectivity index (χ1) is 9.32. The highest BCUT2D eigenvalue weighted by Gasteiger charge is 2.31. The molecule has 1 aromatic carbocycles. The van der Waals surface area contributed by atoms with Crippen LogP contribution in [0.15, 0.2) is 23.1 Å². The molecule has 118 valence electrons. The van der Waals surface area contributed by atoms with Gasteiger partial charge in [0.1, 0.15) is 4.90 Å². The van der Waals surface area contributed by atoms with Gasteiger partial charge in [-0.05, 0) is 18.9 Å². The number of nitrogens with zero attached hydrogens (tertiary/aromatic N) is 2. The van der Waals surface area contributed by atoms with Gasteiger partial charge in [0.15, 0.2) is 0 Å². The third-order valence-corrected chi connectivity index (χ3v) is 5.51. The predicted octanol–water partition coefficient (Wildman–Crippen LogP) is 1.78. The number of rotatable bonds is 3. The SMILES string of the molecule is Cl.NC1CCCN(S(=O)(=O)c2ccc([N+](=O)[O-])cc2Cl)C1. The zero-order valence-corrected chi connectivity index (χ0v) is 13.3. The fraction of sp³-hybridized carbons (Fsp3) is 0.455. The lowest BCUT2D eigenvalue weighted by Crippen LogP contribution is -2.45. The molecule has 1 aliphatic rings. The Labute approximate surface area is 133 Å². The van der Waals surface area contributed by atoms with Gasteiger partial charge in [-0.2, -0.15) is 4.31 Å². The Morgan fingerprint density at radius 2 is 2.10 bits per heavy atom. The lowest BCUT2D eigenvalue weighted by molar-refractivity contribution is -0.384. The molecule has 2 rings (SSSR count). The van der Waals surface area contributed by atoms with E-state index in [4.69, 9.17) is 17.3 Å². The third kappa shape index (κ3) is 3.83. The van der Waals surface area contributed by atoms with E-state index in [1.165, 1.54) is 4.31 Å². The molecule has 1 atom stereocenters. The summed E-state index contributed by atoms with van der Waals surface area (Å²) in [4.78, 5) is 9.88. The summed E-state index contributed by atoms with van der Waals surface area (Å²) in [6, 6.07) is 3.13. The monoisotopic (exact) mass is 355 g/mol. The number of non-ortho nitro benzene ring substituents is 1. The zero-order valence-electron chi connectivity index (χ0n) is 10.9. The van der Waals surface area contributed by atoms with Crippen molar-refractivity contribution in [3.63, 3.8) is 0 Å². The molecule has 0 bridgehead atoms. The molecule has 0 aliphatic carbocycles. The van der Waals surface area contributed by atoms with E-state index in [1.54, 1.807) is 0 Å². The van der Waals surface area contributed by atoms with Gasteiger partial charge in [-0.3, -0.25) is 10.1 Å². The van der Waals surface area contributed by atoms with Crippen molar-refractivity contribution in [1.82, 2.24) is 4.31 Å². The normalized spacial score (nSPS) is 19.8. The molecule has 1 aromatic rings. The topological polar surface area (TPSA) is 107 Å². The second-order valence-corrected chi connectivity index (χ2v) is 6.95. The fourth-order valence-electron chi connectivity index (χ4n) is 2.14. The summed E-state index contributed by atoms with van der Waals surface area (Å²) in [7, 11) is -3.77. The number of nitrogens with two attached hydrogens (primary N) is 1. The van der Waals surface area contributed by atoms with E-state index in [0.29, 0.717) is 13.0 Å². The van der Waals surface area contributed by atoms with Crippen LogP contribution in [0.25, 0.3) is 0 Å². The summed E-state index contributed by atoms with van der Waals surface area (Å²) in [5.74, 6) is 0. The van der Waals surface area contributed by atoms with Crippen LogP contribution >= 0.6 is 24.0 Å². The van der Waals surface area contributed by atoms with Crippen LogP contribution in [0.1, 0.15) is 12.8 Å². The maximum atomic E-state index is 12.5. The number of nitro groups is 1. The van der Waals surface area contributed by atoms with Crippen LogP contribution in [0.3, 0.4) is 0 Å². The molecule has 7 nitrogen and oxygen atoms in total. The summed E-state index contributed by atoms with van der Waals surface area (Å²) < 4.78 is 26.2. The van der Waals surface area contributed by atoms with Crippen LogP contribution in [0.5, 0.6) is 0 Å². The maximum Gasteiger partial charge on any atom is 0.271 e. The minimum Gasteiger partial charge on any atom is -0.327 e. The van der Waals surface area contributed by atoms with Crippen LogP contribution in [0, 0.1) is 10.1 Å². The first-order valence-electron chi connectivity index (χ1n) is 6.02. The van der Waals surface area contributed by atoms with E-state index < -0.39 is 14.9 Å². The van der Waals surface area contributed by atoms with E-state index in [-0.39, 0.29) is 40.6 Å². The van der Waals surface area contributed by atoms with Gasteiger partial charge in [0.25, 0.3) is 5.69 Å². The van der Waals surface area contributed by atoms with Gasteiger partial charge in [-0.25, -0.2) is 8.42 Å². The van der Waals surface area contributed by atoms with Gasteiger partial charge in [0.2, 0.25) is 10.0 Å². The van der Waals surface area contributed by atoms with Crippen LogP contribution in [-0.4, -0.2) is 36.8 Å². The lowest BCUT2D eigenvalue weighted by atomic mass is 10.1. The van der Waals surface area contributed by atoms with Crippen molar-refractivity contribution in [3.8, 4) is 0 Å². The number of piperidine rings is 1. The standard InChI is InChI=1S/C11H14ClN3O4S.ClH/c12-10-6-9(15(16)17)3-4-11(10)20(18,19)14-5-1-2-8(13)7-14;/h3-4,6,8H,1-2,5,7,13H2;1H. The molecule has 2 N–H and O–H groups in total. The number of sulfonamides is 1. The summed E-state index contributed by atoms with van der Waals surface area (Å²) in [6.45, 7) is 0.610. The molecule has 21 heavy (non-hydrogen) atoms. The Morgan fingerprint density at radius 1 is 1.43 bits per heavy atom. The summed E-state index contributed by atoms with van der Waals surface area (Å²) >= 11 is 5.87. The van der Waals surface area contributed by atoms with Gasteiger partial charge in [-0.1, -0.05) is 11.6 Å². The number of benzene rings is 1. The van der Waals surface area contributed by atoms with Crippen molar-refractivity contribution in [2.24, 2.45) is 5.73 Å². The fourth-order valence-corrected chi connectivity index (χ4v) is 4.19. The molecule has 0 amide bonds. The molecule has 1 heterocycles. The van der Waals surface area contributed by atoms with Crippen molar-refractivity contribution in [3.05, 3.63) is 33.3 Å². The Bertz CT molecular complexity index is 638. The Balaban J connectivity index is 0.00000220. The molecule has 1 fully saturated rings. The Hall–Kier alpha value is -0.930. The Morgan fingerprint density at radius 3 is 2.62 bits per heavy atom. The van der Waals surface area contributed by atoms with Crippen molar-refractivity contribution in [2.75, 3.05) is 13.1 Å². The van der Waals surface area contributed by atoms with E-state index >= 15 is 0 Å². The number of halogens is 2. The minimum atomic E-state index is -3.77. The molecule has 0 spiro atoms. The molecule has 0 aromatic heterocycles. The average Bonchev–Trinajstić information content (AvgIpc) is 2.38. The van der Waals surface area contributed by atoms with Gasteiger partial charge in [-0.15, -0.1) is 12.4 Å². The highest BCUT2D eigenvalue weighted by Crippen LogP contribution is 2.29. The van der Waals surface area contributed by atoms with Crippen molar-refractivity contribution in [2.45, 2.75) is 23.8 Å². The summed E-state index contributed by atoms with van der Waals surface area (Å²) in [5, 5.41) is 10.5. The van der Waals surface area contributed by atoms with Crippen LogP contribution < -0.4 is 5.73 Å². The number of hydrogen-bond acceptors (Lipinski definition) is 5. The van der Waals surface area contributed by atoms with E-state index in [9.17, 15) is 18.5 Å². The first-order valence-corrected chi connectivity index (χ1v) is 7.84. The van der Waals surface area contributed by atoms with Crippen molar-refractivity contribution < 1.29 is 13.3 Å². The Kier molecular flexibility index (Phi) is 5.94. The lowest BCUT2D eigenvalue weighted by Gasteiger charge is -2.30. The average molecular weight is 356 g/mol. The van der Waals surface area contributed by atoms with Gasteiger partial charge in [0.05, 0.1) is 9.95 Å². The molecule has 1 unspecified atom stereocenters. The van der Waals surface area contributed by atoms with Crippen molar-refractivity contribution >= 4 is 39.7 Å². The predicted molar refractivity (Wildman–Crippen MR) is 81.3 cm³/mol. The quantitative estimate of drug-likeness (QED) is 0.656. The number of nitro benzene ring substituents is 1. The van der Waals surface area contributed by atoms with E-state index in [1.807, 2.05) is 0 Å². The van der Waals surface area contributed by atoms with Crippen LogP contribution in [-0.2, 0) is 10.0 Å². The molecular formula is C11H15Cl2N3O4S. The minimum absolute atomic E-state index is 0. The molecule has 1 saturated heterocycles. The summed E-state index contributed by atoms with van der Waals surface area (Å²) in [5.41, 5.74) is 5.53. The highest BCUT2D eigenvalue weighted by molar-refractivity contribution is 7.89. The molecular weight excluding hydrogens is 341 g/mol.